The molecule has 0 unspecified atom stereocenters. The third kappa shape index (κ3) is 5.41. The molecule has 1 saturated carbocycles. The molecule has 0 spiro atoms. The molecule has 0 heterocycles. The average Bonchev–Trinajstić information content (AvgIpc) is 2.79. The number of unbranched alkanes of at least 4 members (excludes halogenated alkanes) is 1. The molecule has 0 aromatic heterocycles. The van der Waals surface area contributed by atoms with Crippen molar-refractivity contribution in [1.29, 1.82) is 0 Å². The fourth-order valence-electron chi connectivity index (χ4n) is 3.85. The number of ether oxygens (including phenoxy) is 1. The Balaban J connectivity index is 1.79. The van der Waals surface area contributed by atoms with E-state index in [1.165, 1.54) is 11.3 Å². The van der Waals surface area contributed by atoms with Crippen LogP contribution >= 0.6 is 0 Å². The van der Waals surface area contributed by atoms with Crippen LogP contribution in [0.3, 0.4) is 0 Å². The highest BCUT2D eigenvalue weighted by Crippen LogP contribution is 2.26. The van der Waals surface area contributed by atoms with Crippen LogP contribution in [-0.2, 0) is 0 Å². The second-order valence-corrected chi connectivity index (χ2v) is 7.89. The minimum Gasteiger partial charge on any atom is -0.493 e. The molecular formula is C25H32N2O3. The van der Waals surface area contributed by atoms with Gasteiger partial charge in [0.1, 0.15) is 5.75 Å². The number of nitrogens with one attached hydrogen (secondary N) is 1. The van der Waals surface area contributed by atoms with Gasteiger partial charge in [0.05, 0.1) is 23.4 Å². The van der Waals surface area contributed by atoms with E-state index in [2.05, 4.69) is 12.2 Å². The Bertz CT molecular complexity index is 859. The van der Waals surface area contributed by atoms with E-state index < -0.39 is 0 Å². The lowest BCUT2D eigenvalue weighted by atomic mass is 9.95. The van der Waals surface area contributed by atoms with Gasteiger partial charge in [-0.15, -0.1) is 0 Å². The zero-order valence-electron chi connectivity index (χ0n) is 18.0. The molecule has 2 aromatic rings. The minimum absolute atomic E-state index is 0.121. The van der Waals surface area contributed by atoms with E-state index >= 15 is 0 Å². The zero-order chi connectivity index (χ0) is 21.3. The zero-order valence-corrected chi connectivity index (χ0v) is 18.0. The van der Waals surface area contributed by atoms with Gasteiger partial charge in [-0.3, -0.25) is 9.59 Å². The topological polar surface area (TPSA) is 58.6 Å². The van der Waals surface area contributed by atoms with Gasteiger partial charge in [-0.2, -0.15) is 0 Å². The monoisotopic (exact) mass is 408 g/mol. The van der Waals surface area contributed by atoms with Gasteiger partial charge in [0.25, 0.3) is 11.8 Å². The van der Waals surface area contributed by atoms with Gasteiger partial charge in [0.15, 0.2) is 0 Å². The van der Waals surface area contributed by atoms with Crippen molar-refractivity contribution >= 4 is 17.5 Å². The third-order valence-electron chi connectivity index (χ3n) is 5.63. The second-order valence-electron chi connectivity index (χ2n) is 7.89. The molecule has 2 aromatic carbocycles. The molecule has 0 bridgehead atoms. The molecule has 0 atom stereocenters. The van der Waals surface area contributed by atoms with E-state index in [4.69, 9.17) is 4.74 Å². The smallest absolute Gasteiger partial charge is 0.261 e. The van der Waals surface area contributed by atoms with Crippen molar-refractivity contribution in [2.24, 2.45) is 0 Å². The van der Waals surface area contributed by atoms with Gasteiger partial charge in [-0.05, 0) is 43.5 Å². The number of nitrogens with zero attached hydrogens (tertiary/aromatic N) is 1. The maximum atomic E-state index is 13.3. The molecule has 160 valence electrons. The SMILES string of the molecule is CCCCOc1ccccc1C(=O)N(C)c1ccccc1C(=O)NC1CCCCC1. The summed E-state index contributed by atoms with van der Waals surface area (Å²) in [5.41, 5.74) is 1.61. The molecule has 2 amide bonds. The maximum Gasteiger partial charge on any atom is 0.261 e. The molecule has 1 N–H and O–H groups in total. The summed E-state index contributed by atoms with van der Waals surface area (Å²) in [6.07, 6.45) is 7.54. The Kier molecular flexibility index (Phi) is 7.89. The van der Waals surface area contributed by atoms with Crippen LogP contribution in [0.2, 0.25) is 0 Å². The van der Waals surface area contributed by atoms with Crippen LogP contribution in [0.15, 0.2) is 48.5 Å². The van der Waals surface area contributed by atoms with Crippen molar-refractivity contribution in [2.45, 2.75) is 57.9 Å². The summed E-state index contributed by atoms with van der Waals surface area (Å²) >= 11 is 0. The Labute approximate surface area is 179 Å². The molecule has 1 aliphatic carbocycles. The molecule has 1 fully saturated rings. The standard InChI is InChI=1S/C25H32N2O3/c1-3-4-18-30-23-17-11-9-15-21(23)25(29)27(2)22-16-10-8-14-20(22)24(28)26-19-12-6-5-7-13-19/h8-11,14-17,19H,3-7,12-13,18H2,1-2H3,(H,26,28). The Morgan fingerprint density at radius 1 is 1.00 bits per heavy atom. The van der Waals surface area contributed by atoms with Crippen LogP contribution in [0.4, 0.5) is 5.69 Å². The number of rotatable bonds is 8. The van der Waals surface area contributed by atoms with Crippen LogP contribution in [0.5, 0.6) is 5.75 Å². The lowest BCUT2D eigenvalue weighted by Gasteiger charge is -2.25. The number of hydrogen-bond donors (Lipinski definition) is 1. The fraction of sp³-hybridized carbons (Fsp3) is 0.440. The molecule has 1 aliphatic rings. The number of hydrogen-bond acceptors (Lipinski definition) is 3. The number of para-hydroxylation sites is 2. The fourth-order valence-corrected chi connectivity index (χ4v) is 3.85. The van der Waals surface area contributed by atoms with E-state index in [0.29, 0.717) is 29.2 Å². The predicted molar refractivity (Wildman–Crippen MR) is 120 cm³/mol. The summed E-state index contributed by atoms with van der Waals surface area (Å²) in [5.74, 6) is 0.261. The number of anilines is 1. The van der Waals surface area contributed by atoms with Crippen molar-refractivity contribution < 1.29 is 14.3 Å². The molecule has 5 nitrogen and oxygen atoms in total. The van der Waals surface area contributed by atoms with Gasteiger partial charge < -0.3 is 15.0 Å². The van der Waals surface area contributed by atoms with E-state index in [1.54, 1.807) is 19.2 Å². The van der Waals surface area contributed by atoms with E-state index in [1.807, 2.05) is 36.4 Å². The first-order valence-corrected chi connectivity index (χ1v) is 11.0. The first-order chi connectivity index (χ1) is 14.6. The van der Waals surface area contributed by atoms with Gasteiger partial charge in [-0.1, -0.05) is 56.9 Å². The summed E-state index contributed by atoms with van der Waals surface area (Å²) in [6.45, 7) is 2.67. The molecule has 3 rings (SSSR count). The largest absolute Gasteiger partial charge is 0.493 e. The highest BCUT2D eigenvalue weighted by Gasteiger charge is 2.23. The first-order valence-electron chi connectivity index (χ1n) is 11.0. The summed E-state index contributed by atoms with van der Waals surface area (Å²) in [4.78, 5) is 27.8. The molecular weight excluding hydrogens is 376 g/mol. The normalized spacial score (nSPS) is 14.2. The van der Waals surface area contributed by atoms with Crippen LogP contribution < -0.4 is 15.0 Å². The third-order valence-corrected chi connectivity index (χ3v) is 5.63. The number of benzene rings is 2. The quantitative estimate of drug-likeness (QED) is 0.611. The number of carbonyl (C=O) groups is 2. The van der Waals surface area contributed by atoms with Crippen LogP contribution in [0, 0.1) is 0 Å². The van der Waals surface area contributed by atoms with Gasteiger partial charge >= 0.3 is 0 Å². The summed E-state index contributed by atoms with van der Waals surface area (Å²) < 4.78 is 5.84. The van der Waals surface area contributed by atoms with E-state index in [9.17, 15) is 9.59 Å². The summed E-state index contributed by atoms with van der Waals surface area (Å²) in [7, 11) is 1.71. The molecule has 0 aliphatic heterocycles. The van der Waals surface area contributed by atoms with Crippen molar-refractivity contribution in [3.8, 4) is 5.75 Å². The number of carbonyl (C=O) groups excluding carboxylic acids is 2. The van der Waals surface area contributed by atoms with E-state index in [0.717, 1.165) is 38.5 Å². The van der Waals surface area contributed by atoms with Crippen LogP contribution in [0.1, 0.15) is 72.6 Å². The molecule has 30 heavy (non-hydrogen) atoms. The molecule has 0 radical (unpaired) electrons. The second kappa shape index (κ2) is 10.8. The molecule has 5 heteroatoms. The number of amides is 2. The maximum absolute atomic E-state index is 13.3. The Morgan fingerprint density at radius 3 is 2.40 bits per heavy atom. The van der Waals surface area contributed by atoms with Crippen molar-refractivity contribution in [2.75, 3.05) is 18.6 Å². The lowest BCUT2D eigenvalue weighted by Crippen LogP contribution is -2.37. The van der Waals surface area contributed by atoms with E-state index in [-0.39, 0.29) is 17.9 Å². The van der Waals surface area contributed by atoms with Gasteiger partial charge in [-0.25, -0.2) is 0 Å². The van der Waals surface area contributed by atoms with Crippen molar-refractivity contribution in [3.63, 3.8) is 0 Å². The van der Waals surface area contributed by atoms with Gasteiger partial charge in [0.2, 0.25) is 0 Å². The highest BCUT2D eigenvalue weighted by atomic mass is 16.5. The van der Waals surface area contributed by atoms with Gasteiger partial charge in [0, 0.05) is 13.1 Å². The average molecular weight is 409 g/mol. The minimum atomic E-state index is -0.194. The highest BCUT2D eigenvalue weighted by molar-refractivity contribution is 6.11. The van der Waals surface area contributed by atoms with Crippen LogP contribution in [0.25, 0.3) is 0 Å². The van der Waals surface area contributed by atoms with Crippen molar-refractivity contribution in [3.05, 3.63) is 59.7 Å². The predicted octanol–water partition coefficient (Wildman–Crippen LogP) is 5.20. The summed E-state index contributed by atoms with van der Waals surface area (Å²) in [6, 6.07) is 14.8. The Hall–Kier alpha value is -2.82. The summed E-state index contributed by atoms with van der Waals surface area (Å²) in [5, 5.41) is 3.15. The van der Waals surface area contributed by atoms with Crippen LogP contribution in [-0.4, -0.2) is 31.5 Å². The molecule has 0 saturated heterocycles. The van der Waals surface area contributed by atoms with Crippen molar-refractivity contribution in [1.82, 2.24) is 5.32 Å². The first kappa shape index (κ1) is 21.9. The Morgan fingerprint density at radius 2 is 1.67 bits per heavy atom. The lowest BCUT2D eigenvalue weighted by molar-refractivity contribution is 0.0928.